The van der Waals surface area contributed by atoms with Gasteiger partial charge in [-0.25, -0.2) is 0 Å². The molecule has 0 spiro atoms. The van der Waals surface area contributed by atoms with E-state index in [1.165, 1.54) is 43.4 Å². The average molecular weight is 350 g/mol. The van der Waals surface area contributed by atoms with Crippen molar-refractivity contribution in [1.82, 2.24) is 15.1 Å². The number of nitrogens with zero attached hydrogens (tertiary/aromatic N) is 3. The van der Waals surface area contributed by atoms with E-state index in [0.717, 1.165) is 24.3 Å². The first-order valence-electron chi connectivity index (χ1n) is 9.12. The fraction of sp³-hybridized carbons (Fsp3) is 0.765. The minimum absolute atomic E-state index is 0.0509. The fourth-order valence-electron chi connectivity index (χ4n) is 3.69. The topological polar surface area (TPSA) is 75.2 Å². The van der Waals surface area contributed by atoms with E-state index in [1.807, 2.05) is 6.92 Å². The quantitative estimate of drug-likeness (QED) is 0.904. The summed E-state index contributed by atoms with van der Waals surface area (Å²) in [4.78, 5) is 26.4. The molecule has 1 saturated heterocycles. The molecule has 1 aliphatic heterocycles. The Morgan fingerprint density at radius 1 is 1.12 bits per heavy atom. The van der Waals surface area contributed by atoms with Crippen LogP contribution in [0.5, 0.6) is 0 Å². The summed E-state index contributed by atoms with van der Waals surface area (Å²) in [6.45, 7) is 2.52. The third kappa shape index (κ3) is 3.94. The highest BCUT2D eigenvalue weighted by Crippen LogP contribution is 2.35. The third-order valence-electron chi connectivity index (χ3n) is 5.05. The third-order valence-corrected chi connectivity index (χ3v) is 6.05. The molecule has 1 atom stereocenters. The van der Waals surface area contributed by atoms with Gasteiger partial charge < -0.3 is 4.90 Å². The smallest absolute Gasteiger partial charge is 0.249 e. The molecular formula is C17H26N4O2S. The zero-order valence-corrected chi connectivity index (χ0v) is 15.1. The van der Waals surface area contributed by atoms with Gasteiger partial charge >= 0.3 is 0 Å². The molecule has 1 N–H and O–H groups in total. The average Bonchev–Trinajstić information content (AvgIpc) is 3.10. The van der Waals surface area contributed by atoms with Crippen LogP contribution < -0.4 is 5.32 Å². The molecule has 1 aliphatic carbocycles. The van der Waals surface area contributed by atoms with Crippen LogP contribution in [0.3, 0.4) is 0 Å². The summed E-state index contributed by atoms with van der Waals surface area (Å²) in [5.41, 5.74) is 0. The van der Waals surface area contributed by atoms with Gasteiger partial charge in [-0.1, -0.05) is 37.5 Å². The highest BCUT2D eigenvalue weighted by atomic mass is 32.1. The molecule has 0 radical (unpaired) electrons. The van der Waals surface area contributed by atoms with Crippen LogP contribution in [0.25, 0.3) is 0 Å². The van der Waals surface area contributed by atoms with Crippen molar-refractivity contribution in [3.05, 3.63) is 5.01 Å². The van der Waals surface area contributed by atoms with Crippen LogP contribution in [0.15, 0.2) is 0 Å². The van der Waals surface area contributed by atoms with Crippen LogP contribution in [0, 0.1) is 0 Å². The first kappa shape index (κ1) is 17.3. The van der Waals surface area contributed by atoms with Gasteiger partial charge in [0.15, 0.2) is 0 Å². The van der Waals surface area contributed by atoms with E-state index < -0.39 is 0 Å². The minimum Gasteiger partial charge on any atom is -0.331 e. The van der Waals surface area contributed by atoms with Gasteiger partial charge in [0, 0.05) is 18.9 Å². The van der Waals surface area contributed by atoms with Crippen molar-refractivity contribution in [3.8, 4) is 0 Å². The number of aromatic nitrogens is 2. The maximum Gasteiger partial charge on any atom is 0.249 e. The Balaban J connectivity index is 1.63. The Kier molecular flexibility index (Phi) is 5.81. The number of anilines is 1. The molecule has 3 rings (SSSR count). The number of carbonyl (C=O) groups is 2. The van der Waals surface area contributed by atoms with Gasteiger partial charge in [0.1, 0.15) is 11.0 Å². The summed E-state index contributed by atoms with van der Waals surface area (Å²) in [7, 11) is 0. The molecule has 6 nitrogen and oxygen atoms in total. The first-order chi connectivity index (χ1) is 11.7. The van der Waals surface area contributed by atoms with Crippen LogP contribution in [0.4, 0.5) is 5.13 Å². The molecule has 2 amide bonds. The van der Waals surface area contributed by atoms with Crippen molar-refractivity contribution in [1.29, 1.82) is 0 Å². The van der Waals surface area contributed by atoms with E-state index in [2.05, 4.69) is 15.5 Å². The molecule has 2 fully saturated rings. The molecule has 0 bridgehead atoms. The van der Waals surface area contributed by atoms with E-state index >= 15 is 0 Å². The monoisotopic (exact) mass is 350 g/mol. The van der Waals surface area contributed by atoms with Crippen LogP contribution in [-0.4, -0.2) is 39.5 Å². The van der Waals surface area contributed by atoms with Crippen molar-refractivity contribution in [2.75, 3.05) is 11.9 Å². The maximum absolute atomic E-state index is 12.6. The lowest BCUT2D eigenvalue weighted by atomic mass is 9.90. The molecule has 2 heterocycles. The number of piperidine rings is 1. The van der Waals surface area contributed by atoms with Crippen LogP contribution >= 0.6 is 11.3 Å². The number of amides is 2. The molecule has 1 aromatic rings. The van der Waals surface area contributed by atoms with E-state index in [-0.39, 0.29) is 17.9 Å². The zero-order chi connectivity index (χ0) is 16.9. The summed E-state index contributed by atoms with van der Waals surface area (Å²) >= 11 is 1.49. The van der Waals surface area contributed by atoms with Gasteiger partial charge in [-0.05, 0) is 32.1 Å². The lowest BCUT2D eigenvalue weighted by Gasteiger charge is -2.34. The van der Waals surface area contributed by atoms with Crippen LogP contribution in [0.2, 0.25) is 0 Å². The molecule has 1 aromatic heterocycles. The molecule has 132 valence electrons. The number of likely N-dealkylation sites (tertiary alicyclic amines) is 1. The number of hydrogen-bond acceptors (Lipinski definition) is 5. The van der Waals surface area contributed by atoms with Gasteiger partial charge in [-0.15, -0.1) is 10.2 Å². The summed E-state index contributed by atoms with van der Waals surface area (Å²) in [5.74, 6) is 0.424. The molecule has 1 saturated carbocycles. The number of nitrogens with one attached hydrogen (secondary N) is 1. The summed E-state index contributed by atoms with van der Waals surface area (Å²) in [6, 6.07) is -0.367. The second-order valence-corrected chi connectivity index (χ2v) is 7.73. The predicted molar refractivity (Wildman–Crippen MR) is 94.0 cm³/mol. The molecular weight excluding hydrogens is 324 g/mol. The normalized spacial score (nSPS) is 22.4. The predicted octanol–water partition coefficient (Wildman–Crippen LogP) is 3.32. The molecule has 0 unspecified atom stereocenters. The zero-order valence-electron chi connectivity index (χ0n) is 14.3. The Morgan fingerprint density at radius 3 is 2.62 bits per heavy atom. The molecule has 0 aromatic carbocycles. The first-order valence-corrected chi connectivity index (χ1v) is 9.94. The van der Waals surface area contributed by atoms with Crippen molar-refractivity contribution in [3.63, 3.8) is 0 Å². The summed E-state index contributed by atoms with van der Waals surface area (Å²) < 4.78 is 0. The lowest BCUT2D eigenvalue weighted by Crippen LogP contribution is -2.49. The van der Waals surface area contributed by atoms with Crippen molar-refractivity contribution in [2.24, 2.45) is 0 Å². The largest absolute Gasteiger partial charge is 0.331 e. The van der Waals surface area contributed by atoms with E-state index in [9.17, 15) is 9.59 Å². The summed E-state index contributed by atoms with van der Waals surface area (Å²) in [5, 5.41) is 12.9. The van der Waals surface area contributed by atoms with Gasteiger partial charge in [0.05, 0.1) is 0 Å². The van der Waals surface area contributed by atoms with Crippen molar-refractivity contribution in [2.45, 2.75) is 76.7 Å². The summed E-state index contributed by atoms with van der Waals surface area (Å²) in [6.07, 6.45) is 9.27. The Bertz CT molecular complexity index is 583. The highest BCUT2D eigenvalue weighted by molar-refractivity contribution is 7.15. The van der Waals surface area contributed by atoms with Gasteiger partial charge in [0.25, 0.3) is 0 Å². The van der Waals surface area contributed by atoms with Crippen molar-refractivity contribution >= 4 is 28.3 Å². The molecule has 2 aliphatic rings. The van der Waals surface area contributed by atoms with Crippen LogP contribution in [-0.2, 0) is 9.59 Å². The number of rotatable bonds is 4. The van der Waals surface area contributed by atoms with E-state index in [1.54, 1.807) is 4.90 Å². The van der Waals surface area contributed by atoms with Gasteiger partial charge in [0.2, 0.25) is 16.9 Å². The Hall–Kier alpha value is -1.50. The Morgan fingerprint density at radius 2 is 1.88 bits per heavy atom. The Labute approximate surface area is 147 Å². The SMILES string of the molecule is CCC(=O)N1CCCC[C@H]1C(=O)Nc1nnc(C2CCCCC2)s1. The van der Waals surface area contributed by atoms with Gasteiger partial charge in [-0.2, -0.15) is 0 Å². The standard InChI is InChI=1S/C17H26N4O2S/c1-2-14(22)21-11-7-6-10-13(21)15(23)18-17-20-19-16(24-17)12-8-4-3-5-9-12/h12-13H,2-11H2,1H3,(H,18,20,23)/t13-/m0/s1. The fourth-order valence-corrected chi connectivity index (χ4v) is 4.61. The van der Waals surface area contributed by atoms with E-state index in [4.69, 9.17) is 0 Å². The van der Waals surface area contributed by atoms with Gasteiger partial charge in [-0.3, -0.25) is 14.9 Å². The second-order valence-electron chi connectivity index (χ2n) is 6.72. The number of carbonyl (C=O) groups excluding carboxylic acids is 2. The lowest BCUT2D eigenvalue weighted by molar-refractivity contribution is -0.140. The second kappa shape index (κ2) is 8.05. The molecule has 7 heteroatoms. The number of hydrogen-bond donors (Lipinski definition) is 1. The molecule has 24 heavy (non-hydrogen) atoms. The van der Waals surface area contributed by atoms with E-state index in [0.29, 0.717) is 24.0 Å². The minimum atomic E-state index is -0.367. The van der Waals surface area contributed by atoms with Crippen LogP contribution in [0.1, 0.15) is 75.6 Å². The highest BCUT2D eigenvalue weighted by Gasteiger charge is 2.32. The van der Waals surface area contributed by atoms with Crippen molar-refractivity contribution < 1.29 is 9.59 Å². The maximum atomic E-state index is 12.6.